The maximum absolute atomic E-state index is 11.9. The van der Waals surface area contributed by atoms with E-state index in [2.05, 4.69) is 10.6 Å². The average Bonchev–Trinajstić information content (AvgIpc) is 2.89. The summed E-state index contributed by atoms with van der Waals surface area (Å²) in [6, 6.07) is 3.14. The van der Waals surface area contributed by atoms with E-state index < -0.39 is 10.8 Å². The Hall–Kier alpha value is -1.89. The van der Waals surface area contributed by atoms with E-state index in [1.807, 2.05) is 7.05 Å². The molecule has 1 fully saturated rings. The molecule has 0 saturated heterocycles. The van der Waals surface area contributed by atoms with Gasteiger partial charge in [0.15, 0.2) is 5.76 Å². The van der Waals surface area contributed by atoms with Crippen LogP contribution in [-0.4, -0.2) is 30.0 Å². The van der Waals surface area contributed by atoms with Crippen LogP contribution in [0.25, 0.3) is 0 Å². The first-order valence-corrected chi connectivity index (χ1v) is 6.32. The third-order valence-electron chi connectivity index (χ3n) is 3.47. The third-order valence-corrected chi connectivity index (χ3v) is 3.47. The lowest BCUT2D eigenvalue weighted by Gasteiger charge is -2.28. The number of nitro groups is 1. The maximum atomic E-state index is 11.9. The molecule has 7 nitrogen and oxygen atoms in total. The first-order valence-electron chi connectivity index (χ1n) is 6.32. The molecule has 1 aliphatic rings. The number of carbonyl (C=O) groups is 1. The Balaban J connectivity index is 1.88. The molecule has 0 unspecified atom stereocenters. The zero-order chi connectivity index (χ0) is 13.8. The quantitative estimate of drug-likeness (QED) is 0.635. The lowest BCUT2D eigenvalue weighted by atomic mass is 9.91. The van der Waals surface area contributed by atoms with Gasteiger partial charge >= 0.3 is 5.88 Å². The first-order chi connectivity index (χ1) is 9.10. The fraction of sp³-hybridized carbons (Fsp3) is 0.583. The van der Waals surface area contributed by atoms with E-state index in [1.165, 1.54) is 12.1 Å². The summed E-state index contributed by atoms with van der Waals surface area (Å²) in [7, 11) is 1.94. The van der Waals surface area contributed by atoms with Gasteiger partial charge in [-0.05, 0) is 38.8 Å². The summed E-state index contributed by atoms with van der Waals surface area (Å²) in [6.07, 6.45) is 3.83. The highest BCUT2D eigenvalue weighted by molar-refractivity contribution is 5.91. The Labute approximate surface area is 110 Å². The Kier molecular flexibility index (Phi) is 4.16. The highest BCUT2D eigenvalue weighted by atomic mass is 16.6. The van der Waals surface area contributed by atoms with E-state index in [4.69, 9.17) is 4.42 Å². The van der Waals surface area contributed by atoms with Crippen LogP contribution in [0.1, 0.15) is 36.2 Å². The highest BCUT2D eigenvalue weighted by Crippen LogP contribution is 2.20. The molecule has 1 heterocycles. The van der Waals surface area contributed by atoms with Crippen LogP contribution in [0.2, 0.25) is 0 Å². The summed E-state index contributed by atoms with van der Waals surface area (Å²) in [4.78, 5) is 21.7. The summed E-state index contributed by atoms with van der Waals surface area (Å²) in [5, 5.41) is 16.5. The molecule has 2 N–H and O–H groups in total. The van der Waals surface area contributed by atoms with Crippen molar-refractivity contribution in [2.24, 2.45) is 0 Å². The van der Waals surface area contributed by atoms with Crippen LogP contribution < -0.4 is 10.6 Å². The van der Waals surface area contributed by atoms with Gasteiger partial charge < -0.3 is 15.1 Å². The van der Waals surface area contributed by atoms with Crippen molar-refractivity contribution in [1.29, 1.82) is 0 Å². The summed E-state index contributed by atoms with van der Waals surface area (Å²) >= 11 is 0. The predicted molar refractivity (Wildman–Crippen MR) is 67.9 cm³/mol. The largest absolute Gasteiger partial charge is 0.433 e. The Morgan fingerprint density at radius 2 is 1.95 bits per heavy atom. The van der Waals surface area contributed by atoms with E-state index in [1.54, 1.807) is 0 Å². The van der Waals surface area contributed by atoms with Crippen molar-refractivity contribution in [2.75, 3.05) is 7.05 Å². The van der Waals surface area contributed by atoms with Gasteiger partial charge in [-0.15, -0.1) is 0 Å². The van der Waals surface area contributed by atoms with Crippen LogP contribution in [0.3, 0.4) is 0 Å². The number of hydrogen-bond acceptors (Lipinski definition) is 5. The number of hydrogen-bond donors (Lipinski definition) is 2. The van der Waals surface area contributed by atoms with E-state index in [9.17, 15) is 14.9 Å². The molecule has 1 aromatic rings. The standard InChI is InChI=1S/C12H17N3O4/c1-13-8-2-4-9(5-3-8)14-12(16)10-6-7-11(19-10)15(17)18/h6-9,13H,2-5H2,1H3,(H,14,16). The summed E-state index contributed by atoms with van der Waals surface area (Å²) in [6.45, 7) is 0. The van der Waals surface area contributed by atoms with Gasteiger partial charge in [-0.2, -0.15) is 0 Å². The molecule has 0 spiro atoms. The van der Waals surface area contributed by atoms with Crippen LogP contribution in [-0.2, 0) is 0 Å². The molecule has 2 rings (SSSR count). The molecule has 7 heteroatoms. The molecular weight excluding hydrogens is 250 g/mol. The zero-order valence-corrected chi connectivity index (χ0v) is 10.7. The van der Waals surface area contributed by atoms with Crippen LogP contribution in [0, 0.1) is 10.1 Å². The first kappa shape index (κ1) is 13.5. The molecule has 0 bridgehead atoms. The van der Waals surface area contributed by atoms with Gasteiger partial charge in [0.2, 0.25) is 0 Å². The molecule has 1 aromatic heterocycles. The predicted octanol–water partition coefficient (Wildman–Crippen LogP) is 1.45. The molecule has 19 heavy (non-hydrogen) atoms. The normalized spacial score (nSPS) is 23.0. The third kappa shape index (κ3) is 3.31. The molecule has 0 aromatic carbocycles. The van der Waals surface area contributed by atoms with Gasteiger partial charge in [-0.3, -0.25) is 14.9 Å². The second-order valence-electron chi connectivity index (χ2n) is 4.71. The van der Waals surface area contributed by atoms with Crippen molar-refractivity contribution >= 4 is 11.8 Å². The molecule has 0 radical (unpaired) electrons. The topological polar surface area (TPSA) is 97.4 Å². The molecule has 0 atom stereocenters. The maximum Gasteiger partial charge on any atom is 0.433 e. The van der Waals surface area contributed by atoms with Gasteiger partial charge in [-0.25, -0.2) is 0 Å². The van der Waals surface area contributed by atoms with Gasteiger partial charge in [0.25, 0.3) is 5.91 Å². The molecule has 0 aliphatic heterocycles. The molecule has 1 aliphatic carbocycles. The lowest BCUT2D eigenvalue weighted by molar-refractivity contribution is -0.402. The van der Waals surface area contributed by atoms with Crippen molar-refractivity contribution < 1.29 is 14.1 Å². The Bertz CT molecular complexity index is 463. The summed E-state index contributed by atoms with van der Waals surface area (Å²) in [5.74, 6) is -0.813. The monoisotopic (exact) mass is 267 g/mol. The van der Waals surface area contributed by atoms with E-state index in [0.29, 0.717) is 6.04 Å². The van der Waals surface area contributed by atoms with Gasteiger partial charge in [-0.1, -0.05) is 0 Å². The van der Waals surface area contributed by atoms with Crippen LogP contribution in [0.15, 0.2) is 16.5 Å². The molecule has 104 valence electrons. The SMILES string of the molecule is CNC1CCC(NC(=O)c2ccc([N+](=O)[O-])o2)CC1. The van der Waals surface area contributed by atoms with E-state index in [0.717, 1.165) is 25.7 Å². The van der Waals surface area contributed by atoms with Gasteiger partial charge in [0.05, 0.1) is 6.07 Å². The number of carbonyl (C=O) groups excluding carboxylic acids is 1. The van der Waals surface area contributed by atoms with Crippen molar-refractivity contribution in [3.8, 4) is 0 Å². The lowest BCUT2D eigenvalue weighted by Crippen LogP contribution is -2.41. The smallest absolute Gasteiger partial charge is 0.395 e. The fourth-order valence-corrected chi connectivity index (χ4v) is 2.33. The molecule has 1 amide bonds. The number of nitrogens with one attached hydrogen (secondary N) is 2. The number of nitrogens with zero attached hydrogens (tertiary/aromatic N) is 1. The summed E-state index contributed by atoms with van der Waals surface area (Å²) < 4.78 is 4.87. The van der Waals surface area contributed by atoms with Crippen molar-refractivity contribution in [3.05, 3.63) is 28.0 Å². The number of amides is 1. The van der Waals surface area contributed by atoms with Crippen LogP contribution in [0.5, 0.6) is 0 Å². The number of furan rings is 1. The zero-order valence-electron chi connectivity index (χ0n) is 10.7. The Morgan fingerprint density at radius 1 is 1.32 bits per heavy atom. The van der Waals surface area contributed by atoms with Crippen LogP contribution in [0.4, 0.5) is 5.88 Å². The second-order valence-corrected chi connectivity index (χ2v) is 4.71. The molecule has 1 saturated carbocycles. The van der Waals surface area contributed by atoms with Crippen molar-refractivity contribution in [3.63, 3.8) is 0 Å². The van der Waals surface area contributed by atoms with Crippen molar-refractivity contribution in [2.45, 2.75) is 37.8 Å². The average molecular weight is 267 g/mol. The van der Waals surface area contributed by atoms with Gasteiger partial charge in [0, 0.05) is 12.1 Å². The second kappa shape index (κ2) is 5.83. The van der Waals surface area contributed by atoms with E-state index >= 15 is 0 Å². The Morgan fingerprint density at radius 3 is 2.47 bits per heavy atom. The minimum Gasteiger partial charge on any atom is -0.395 e. The fourth-order valence-electron chi connectivity index (χ4n) is 2.33. The minimum absolute atomic E-state index is 0.0116. The minimum atomic E-state index is -0.658. The highest BCUT2D eigenvalue weighted by Gasteiger charge is 2.24. The van der Waals surface area contributed by atoms with Crippen LogP contribution >= 0.6 is 0 Å². The summed E-state index contributed by atoms with van der Waals surface area (Å²) in [5.41, 5.74) is 0. The molecular formula is C12H17N3O4. The number of rotatable bonds is 4. The van der Waals surface area contributed by atoms with E-state index in [-0.39, 0.29) is 17.7 Å². The van der Waals surface area contributed by atoms with Crippen molar-refractivity contribution in [1.82, 2.24) is 10.6 Å². The van der Waals surface area contributed by atoms with Gasteiger partial charge in [0.1, 0.15) is 4.92 Å².